The standard InChI is InChI=1S/C15H26N2O3/c1-3-12-15(4-2,20-12)9-17-14(19)11-8-6-5-7-10(11)13(16)18/h10-12H,3-9H2,1-2H3,(H2,16,18)(H,17,19). The molecule has 0 aromatic carbocycles. The molecule has 5 heteroatoms. The van der Waals surface area contributed by atoms with E-state index in [0.29, 0.717) is 6.54 Å². The minimum absolute atomic E-state index is 0.0355. The number of hydrogen-bond donors (Lipinski definition) is 2. The van der Waals surface area contributed by atoms with Gasteiger partial charge in [0.05, 0.1) is 6.10 Å². The number of carbonyl (C=O) groups excluding carboxylic acids is 2. The Hall–Kier alpha value is -1.10. The molecule has 2 aliphatic rings. The monoisotopic (exact) mass is 282 g/mol. The van der Waals surface area contributed by atoms with E-state index in [9.17, 15) is 9.59 Å². The molecule has 5 nitrogen and oxygen atoms in total. The van der Waals surface area contributed by atoms with Gasteiger partial charge in [-0.15, -0.1) is 0 Å². The Labute approximate surface area is 120 Å². The number of amides is 2. The van der Waals surface area contributed by atoms with Gasteiger partial charge in [-0.25, -0.2) is 0 Å². The molecular weight excluding hydrogens is 256 g/mol. The third-order valence-electron chi connectivity index (χ3n) is 4.91. The maximum Gasteiger partial charge on any atom is 0.224 e. The zero-order valence-electron chi connectivity index (χ0n) is 12.5. The quantitative estimate of drug-likeness (QED) is 0.721. The fourth-order valence-electron chi connectivity index (χ4n) is 3.45. The first-order chi connectivity index (χ1) is 9.54. The molecule has 20 heavy (non-hydrogen) atoms. The van der Waals surface area contributed by atoms with Gasteiger partial charge in [0.25, 0.3) is 0 Å². The first kappa shape index (κ1) is 15.3. The lowest BCUT2D eigenvalue weighted by Crippen LogP contribution is -2.44. The Morgan fingerprint density at radius 1 is 1.25 bits per heavy atom. The van der Waals surface area contributed by atoms with Gasteiger partial charge in [-0.3, -0.25) is 9.59 Å². The fraction of sp³-hybridized carbons (Fsp3) is 0.867. The number of nitrogens with two attached hydrogens (primary N) is 1. The van der Waals surface area contributed by atoms with Crippen LogP contribution in [0, 0.1) is 11.8 Å². The minimum atomic E-state index is -0.343. The summed E-state index contributed by atoms with van der Waals surface area (Å²) in [5.41, 5.74) is 5.24. The van der Waals surface area contributed by atoms with Crippen molar-refractivity contribution >= 4 is 11.8 Å². The molecule has 2 rings (SSSR count). The fourth-order valence-corrected chi connectivity index (χ4v) is 3.45. The van der Waals surface area contributed by atoms with Crippen LogP contribution in [0.5, 0.6) is 0 Å². The summed E-state index contributed by atoms with van der Waals surface area (Å²) >= 11 is 0. The molecule has 2 amide bonds. The average Bonchev–Trinajstić information content (AvgIpc) is 3.19. The minimum Gasteiger partial charge on any atom is -0.369 e. The molecule has 4 atom stereocenters. The van der Waals surface area contributed by atoms with Crippen LogP contribution in [0.15, 0.2) is 0 Å². The Balaban J connectivity index is 1.89. The zero-order valence-corrected chi connectivity index (χ0v) is 12.5. The van der Waals surface area contributed by atoms with Crippen molar-refractivity contribution in [3.8, 4) is 0 Å². The lowest BCUT2D eigenvalue weighted by Gasteiger charge is -2.28. The maximum atomic E-state index is 12.3. The van der Waals surface area contributed by atoms with E-state index in [0.717, 1.165) is 38.5 Å². The van der Waals surface area contributed by atoms with Gasteiger partial charge >= 0.3 is 0 Å². The van der Waals surface area contributed by atoms with Crippen LogP contribution in [0.4, 0.5) is 0 Å². The second-order valence-corrected chi connectivity index (χ2v) is 6.05. The van der Waals surface area contributed by atoms with Gasteiger partial charge in [0, 0.05) is 18.4 Å². The summed E-state index contributed by atoms with van der Waals surface area (Å²) in [5.74, 6) is -0.937. The molecule has 2 fully saturated rings. The van der Waals surface area contributed by atoms with E-state index in [1.54, 1.807) is 0 Å². The van der Waals surface area contributed by atoms with E-state index in [-0.39, 0.29) is 35.4 Å². The van der Waals surface area contributed by atoms with Crippen LogP contribution in [0.1, 0.15) is 52.4 Å². The van der Waals surface area contributed by atoms with Crippen molar-refractivity contribution in [3.63, 3.8) is 0 Å². The lowest BCUT2D eigenvalue weighted by molar-refractivity contribution is -0.135. The largest absolute Gasteiger partial charge is 0.369 e. The van der Waals surface area contributed by atoms with Crippen LogP contribution in [0.2, 0.25) is 0 Å². The number of nitrogens with one attached hydrogen (secondary N) is 1. The van der Waals surface area contributed by atoms with E-state index in [1.165, 1.54) is 0 Å². The van der Waals surface area contributed by atoms with Crippen LogP contribution >= 0.6 is 0 Å². The highest BCUT2D eigenvalue weighted by atomic mass is 16.6. The maximum absolute atomic E-state index is 12.3. The number of primary amides is 1. The van der Waals surface area contributed by atoms with Crippen molar-refractivity contribution in [3.05, 3.63) is 0 Å². The first-order valence-corrected chi connectivity index (χ1v) is 7.79. The van der Waals surface area contributed by atoms with Crippen molar-refractivity contribution in [1.82, 2.24) is 5.32 Å². The molecule has 1 saturated heterocycles. The Morgan fingerprint density at radius 3 is 2.40 bits per heavy atom. The Kier molecular flexibility index (Phi) is 4.68. The van der Waals surface area contributed by atoms with Gasteiger partial charge in [0.2, 0.25) is 11.8 Å². The summed E-state index contributed by atoms with van der Waals surface area (Å²) in [6.45, 7) is 4.71. The molecule has 1 saturated carbocycles. The van der Waals surface area contributed by atoms with Crippen LogP contribution in [0.25, 0.3) is 0 Å². The Morgan fingerprint density at radius 2 is 1.90 bits per heavy atom. The number of carbonyl (C=O) groups is 2. The number of ether oxygens (including phenoxy) is 1. The topological polar surface area (TPSA) is 84.7 Å². The predicted octanol–water partition coefficient (Wildman–Crippen LogP) is 1.35. The molecule has 1 heterocycles. The van der Waals surface area contributed by atoms with Crippen molar-refractivity contribution in [2.45, 2.75) is 64.1 Å². The SMILES string of the molecule is CCC1OC1(CC)CNC(=O)C1CCCCC1C(N)=O. The van der Waals surface area contributed by atoms with Gasteiger partial charge in [0.1, 0.15) is 5.60 Å². The highest BCUT2D eigenvalue weighted by Gasteiger charge is 2.53. The van der Waals surface area contributed by atoms with Crippen LogP contribution in [0.3, 0.4) is 0 Å². The molecule has 1 aliphatic heterocycles. The van der Waals surface area contributed by atoms with Crippen molar-refractivity contribution in [1.29, 1.82) is 0 Å². The van der Waals surface area contributed by atoms with Crippen LogP contribution in [-0.2, 0) is 14.3 Å². The molecule has 0 bridgehead atoms. The summed E-state index contributed by atoms with van der Waals surface area (Å²) in [5, 5.41) is 2.98. The molecule has 0 aromatic rings. The van der Waals surface area contributed by atoms with Crippen molar-refractivity contribution < 1.29 is 14.3 Å². The van der Waals surface area contributed by atoms with Gasteiger partial charge in [-0.1, -0.05) is 26.7 Å². The molecule has 114 valence electrons. The van der Waals surface area contributed by atoms with Gasteiger partial charge in [0.15, 0.2) is 0 Å². The molecule has 0 spiro atoms. The summed E-state index contributed by atoms with van der Waals surface area (Å²) in [6, 6.07) is 0. The van der Waals surface area contributed by atoms with E-state index >= 15 is 0 Å². The van der Waals surface area contributed by atoms with Gasteiger partial charge in [-0.2, -0.15) is 0 Å². The van der Waals surface area contributed by atoms with Gasteiger partial charge < -0.3 is 15.8 Å². The van der Waals surface area contributed by atoms with Crippen LogP contribution < -0.4 is 11.1 Å². The molecule has 1 aliphatic carbocycles. The summed E-state index contributed by atoms with van der Waals surface area (Å²) in [4.78, 5) is 23.8. The summed E-state index contributed by atoms with van der Waals surface area (Å²) in [6.07, 6.45) is 5.60. The number of hydrogen-bond acceptors (Lipinski definition) is 3. The predicted molar refractivity (Wildman–Crippen MR) is 75.8 cm³/mol. The molecule has 3 N–H and O–H groups in total. The third kappa shape index (κ3) is 2.97. The lowest BCUT2D eigenvalue weighted by atomic mass is 9.78. The molecular formula is C15H26N2O3. The molecule has 0 radical (unpaired) electrons. The molecule has 4 unspecified atom stereocenters. The van der Waals surface area contributed by atoms with Crippen molar-refractivity contribution in [2.75, 3.05) is 6.54 Å². The van der Waals surface area contributed by atoms with E-state index in [4.69, 9.17) is 10.5 Å². The highest BCUT2D eigenvalue weighted by Crippen LogP contribution is 2.41. The average molecular weight is 282 g/mol. The summed E-state index contributed by atoms with van der Waals surface area (Å²) < 4.78 is 5.71. The van der Waals surface area contributed by atoms with Gasteiger partial charge in [-0.05, 0) is 25.7 Å². The van der Waals surface area contributed by atoms with E-state index in [2.05, 4.69) is 19.2 Å². The third-order valence-corrected chi connectivity index (χ3v) is 4.91. The second kappa shape index (κ2) is 6.12. The van der Waals surface area contributed by atoms with E-state index in [1.807, 2.05) is 0 Å². The highest BCUT2D eigenvalue weighted by molar-refractivity contribution is 5.87. The molecule has 0 aromatic heterocycles. The van der Waals surface area contributed by atoms with Crippen LogP contribution in [-0.4, -0.2) is 30.1 Å². The number of epoxide rings is 1. The summed E-state index contributed by atoms with van der Waals surface area (Å²) in [7, 11) is 0. The van der Waals surface area contributed by atoms with E-state index < -0.39 is 0 Å². The Bertz CT molecular complexity index is 385. The number of rotatable bonds is 6. The second-order valence-electron chi connectivity index (χ2n) is 6.05. The smallest absolute Gasteiger partial charge is 0.224 e. The van der Waals surface area contributed by atoms with Crippen molar-refractivity contribution in [2.24, 2.45) is 17.6 Å². The first-order valence-electron chi connectivity index (χ1n) is 7.79. The normalized spacial score (nSPS) is 36.4. The zero-order chi connectivity index (χ0) is 14.8.